The van der Waals surface area contributed by atoms with Gasteiger partial charge >= 0.3 is 5.97 Å². The van der Waals surface area contributed by atoms with Gasteiger partial charge in [-0.05, 0) is 31.5 Å². The van der Waals surface area contributed by atoms with Crippen LogP contribution in [0.2, 0.25) is 0 Å². The van der Waals surface area contributed by atoms with Crippen LogP contribution >= 0.6 is 15.9 Å². The molecule has 128 valence electrons. The molecule has 1 N–H and O–H groups in total. The van der Waals surface area contributed by atoms with E-state index in [1.807, 2.05) is 6.07 Å². The highest BCUT2D eigenvalue weighted by atomic mass is 79.9. The van der Waals surface area contributed by atoms with Crippen LogP contribution in [0, 0.1) is 0 Å². The molecule has 0 aliphatic heterocycles. The van der Waals surface area contributed by atoms with Crippen LogP contribution in [-0.2, 0) is 9.53 Å². The molecule has 0 bridgehead atoms. The molecule has 0 aliphatic carbocycles. The monoisotopic (exact) mass is 383 g/mol. The first-order chi connectivity index (χ1) is 11.0. The molecule has 0 saturated heterocycles. The molecule has 0 fully saturated rings. The maximum atomic E-state index is 12.0. The highest BCUT2D eigenvalue weighted by molar-refractivity contribution is 9.10. The maximum absolute atomic E-state index is 12.0. The lowest BCUT2D eigenvalue weighted by Gasteiger charge is -2.13. The van der Waals surface area contributed by atoms with Crippen LogP contribution in [0.25, 0.3) is 0 Å². The second-order valence-corrected chi connectivity index (χ2v) is 6.56. The summed E-state index contributed by atoms with van der Waals surface area (Å²) in [5, 5.41) is 2.66. The summed E-state index contributed by atoms with van der Waals surface area (Å²) in [6.45, 7) is 4.24. The number of amides is 1. The zero-order valence-electron chi connectivity index (χ0n) is 13.9. The van der Waals surface area contributed by atoms with Gasteiger partial charge in [-0.2, -0.15) is 0 Å². The number of nitrogens with one attached hydrogen (secondary N) is 1. The lowest BCUT2D eigenvalue weighted by atomic mass is 10.1. The molecule has 0 aliphatic rings. The predicted octanol–water partition coefficient (Wildman–Crippen LogP) is 4.47. The molecule has 4 nitrogen and oxygen atoms in total. The topological polar surface area (TPSA) is 55.4 Å². The van der Waals surface area contributed by atoms with Crippen LogP contribution in [0.4, 0.5) is 0 Å². The summed E-state index contributed by atoms with van der Waals surface area (Å²) in [5.41, 5.74) is 0.509. The standard InChI is InChI=1S/C18H26BrNO3/c1-3-4-5-6-7-8-12-23-18(22)14(2)20-17(21)15-10-9-11-16(19)13-15/h9-11,13-14H,3-8,12H2,1-2H3,(H,20,21). The van der Waals surface area contributed by atoms with E-state index in [2.05, 4.69) is 28.2 Å². The van der Waals surface area contributed by atoms with Gasteiger partial charge in [0, 0.05) is 10.0 Å². The van der Waals surface area contributed by atoms with Crippen molar-refractivity contribution in [3.8, 4) is 0 Å². The fraction of sp³-hybridized carbons (Fsp3) is 0.556. The molecule has 23 heavy (non-hydrogen) atoms. The van der Waals surface area contributed by atoms with E-state index in [-0.39, 0.29) is 11.9 Å². The first kappa shape index (κ1) is 19.7. The number of carbonyl (C=O) groups excluding carboxylic acids is 2. The van der Waals surface area contributed by atoms with Crippen molar-refractivity contribution < 1.29 is 14.3 Å². The number of unbranched alkanes of at least 4 members (excludes halogenated alkanes) is 5. The van der Waals surface area contributed by atoms with E-state index >= 15 is 0 Å². The number of hydrogen-bond donors (Lipinski definition) is 1. The first-order valence-electron chi connectivity index (χ1n) is 8.27. The number of carbonyl (C=O) groups is 2. The Bertz CT molecular complexity index is 505. The van der Waals surface area contributed by atoms with Crippen molar-refractivity contribution in [1.82, 2.24) is 5.32 Å². The minimum Gasteiger partial charge on any atom is -0.464 e. The van der Waals surface area contributed by atoms with Gasteiger partial charge in [0.05, 0.1) is 6.61 Å². The third-order valence-corrected chi connectivity index (χ3v) is 4.02. The molecule has 0 aromatic heterocycles. The van der Waals surface area contributed by atoms with Crippen LogP contribution in [0.5, 0.6) is 0 Å². The Hall–Kier alpha value is -1.36. The molecule has 0 spiro atoms. The maximum Gasteiger partial charge on any atom is 0.328 e. The molecule has 0 heterocycles. The van der Waals surface area contributed by atoms with Crippen LogP contribution in [-0.4, -0.2) is 24.5 Å². The number of benzene rings is 1. The molecule has 1 amide bonds. The Morgan fingerprint density at radius 3 is 2.57 bits per heavy atom. The van der Waals surface area contributed by atoms with Crippen molar-refractivity contribution in [1.29, 1.82) is 0 Å². The molecule has 1 aromatic carbocycles. The lowest BCUT2D eigenvalue weighted by molar-refractivity contribution is -0.145. The molecule has 5 heteroatoms. The smallest absolute Gasteiger partial charge is 0.328 e. The Labute approximate surface area is 147 Å². The third-order valence-electron chi connectivity index (χ3n) is 3.53. The van der Waals surface area contributed by atoms with Crippen LogP contribution < -0.4 is 5.32 Å². The van der Waals surface area contributed by atoms with Crippen LogP contribution in [0.15, 0.2) is 28.7 Å². The van der Waals surface area contributed by atoms with Crippen LogP contribution in [0.1, 0.15) is 62.7 Å². The summed E-state index contributed by atoms with van der Waals surface area (Å²) in [5.74, 6) is -0.669. The average molecular weight is 384 g/mol. The van der Waals surface area contributed by atoms with E-state index in [1.165, 1.54) is 25.7 Å². The zero-order valence-corrected chi connectivity index (χ0v) is 15.5. The largest absolute Gasteiger partial charge is 0.464 e. The minimum absolute atomic E-state index is 0.282. The average Bonchev–Trinajstić information content (AvgIpc) is 2.53. The number of ether oxygens (including phenoxy) is 1. The zero-order chi connectivity index (χ0) is 17.1. The van der Waals surface area contributed by atoms with E-state index < -0.39 is 6.04 Å². The van der Waals surface area contributed by atoms with Gasteiger partial charge in [-0.15, -0.1) is 0 Å². The first-order valence-corrected chi connectivity index (χ1v) is 9.07. The van der Waals surface area contributed by atoms with E-state index in [1.54, 1.807) is 25.1 Å². The molecule has 1 rings (SSSR count). The summed E-state index contributed by atoms with van der Waals surface area (Å²) in [6, 6.07) is 6.38. The lowest BCUT2D eigenvalue weighted by Crippen LogP contribution is -2.39. The Morgan fingerprint density at radius 2 is 1.87 bits per heavy atom. The summed E-state index contributed by atoms with van der Waals surface area (Å²) in [4.78, 5) is 23.9. The van der Waals surface area contributed by atoms with E-state index in [4.69, 9.17) is 4.74 Å². The van der Waals surface area contributed by atoms with E-state index in [0.717, 1.165) is 17.3 Å². The van der Waals surface area contributed by atoms with Crippen molar-refractivity contribution in [3.05, 3.63) is 34.3 Å². The van der Waals surface area contributed by atoms with Crippen molar-refractivity contribution in [2.24, 2.45) is 0 Å². The molecule has 1 aromatic rings. The van der Waals surface area contributed by atoms with Gasteiger partial charge in [-0.25, -0.2) is 4.79 Å². The molecular weight excluding hydrogens is 358 g/mol. The second kappa shape index (κ2) is 11.2. The second-order valence-electron chi connectivity index (χ2n) is 5.64. The third kappa shape index (κ3) is 8.16. The molecule has 0 saturated carbocycles. The predicted molar refractivity (Wildman–Crippen MR) is 95.4 cm³/mol. The van der Waals surface area contributed by atoms with Gasteiger partial charge in [0.2, 0.25) is 0 Å². The number of hydrogen-bond acceptors (Lipinski definition) is 3. The van der Waals surface area contributed by atoms with Gasteiger partial charge < -0.3 is 10.1 Å². The Kier molecular flexibility index (Phi) is 9.60. The summed E-state index contributed by atoms with van der Waals surface area (Å²) >= 11 is 3.32. The molecular formula is C18H26BrNO3. The highest BCUT2D eigenvalue weighted by Crippen LogP contribution is 2.11. The summed E-state index contributed by atoms with van der Waals surface area (Å²) in [6.07, 6.45) is 6.86. The molecule has 1 unspecified atom stereocenters. The van der Waals surface area contributed by atoms with Crippen LogP contribution in [0.3, 0.4) is 0 Å². The fourth-order valence-electron chi connectivity index (χ4n) is 2.15. The Morgan fingerprint density at radius 1 is 1.17 bits per heavy atom. The van der Waals surface area contributed by atoms with Gasteiger partial charge in [0.25, 0.3) is 5.91 Å². The number of esters is 1. The van der Waals surface area contributed by atoms with Crippen molar-refractivity contribution >= 4 is 27.8 Å². The van der Waals surface area contributed by atoms with Crippen molar-refractivity contribution in [2.75, 3.05) is 6.61 Å². The number of halogens is 1. The molecule has 0 radical (unpaired) electrons. The number of rotatable bonds is 10. The van der Waals surface area contributed by atoms with Crippen molar-refractivity contribution in [3.63, 3.8) is 0 Å². The van der Waals surface area contributed by atoms with E-state index in [0.29, 0.717) is 12.2 Å². The highest BCUT2D eigenvalue weighted by Gasteiger charge is 2.17. The summed E-state index contributed by atoms with van der Waals surface area (Å²) < 4.78 is 6.03. The van der Waals surface area contributed by atoms with Gasteiger partial charge in [0.15, 0.2) is 0 Å². The van der Waals surface area contributed by atoms with Gasteiger partial charge in [-0.3, -0.25) is 4.79 Å². The Balaban J connectivity index is 2.24. The quantitative estimate of drug-likeness (QED) is 0.478. The van der Waals surface area contributed by atoms with Gasteiger partial charge in [-0.1, -0.05) is 61.0 Å². The van der Waals surface area contributed by atoms with Gasteiger partial charge in [0.1, 0.15) is 6.04 Å². The van der Waals surface area contributed by atoms with E-state index in [9.17, 15) is 9.59 Å². The SMILES string of the molecule is CCCCCCCCOC(=O)C(C)NC(=O)c1cccc(Br)c1. The summed E-state index contributed by atoms with van der Waals surface area (Å²) in [7, 11) is 0. The molecule has 1 atom stereocenters. The minimum atomic E-state index is -0.651. The fourth-order valence-corrected chi connectivity index (χ4v) is 2.55. The van der Waals surface area contributed by atoms with Crippen molar-refractivity contribution in [2.45, 2.75) is 58.4 Å². The normalized spacial score (nSPS) is 11.8.